The van der Waals surface area contributed by atoms with Gasteiger partial charge in [-0.05, 0) is 74.3 Å². The average molecular weight is 536 g/mol. The van der Waals surface area contributed by atoms with Crippen LogP contribution in [0.3, 0.4) is 0 Å². The van der Waals surface area contributed by atoms with Gasteiger partial charge >= 0.3 is 0 Å². The lowest BCUT2D eigenvalue weighted by atomic mass is 10.0. The Labute approximate surface area is 230 Å². The van der Waals surface area contributed by atoms with Crippen molar-refractivity contribution in [3.8, 4) is 39.7 Å². The molecule has 0 saturated carbocycles. The van der Waals surface area contributed by atoms with Crippen LogP contribution in [0.15, 0.2) is 60.9 Å². The molecule has 0 amide bonds. The number of aromatic amines is 2. The molecule has 1 saturated heterocycles. The van der Waals surface area contributed by atoms with Gasteiger partial charge in [-0.2, -0.15) is 5.10 Å². The average Bonchev–Trinajstić information content (AvgIpc) is 3.75. The number of nitrogens with zero attached hydrogens (tertiary/aromatic N) is 5. The van der Waals surface area contributed by atoms with Gasteiger partial charge in [-0.25, -0.2) is 9.37 Å². The summed E-state index contributed by atoms with van der Waals surface area (Å²) in [6, 6.07) is 15.1. The van der Waals surface area contributed by atoms with E-state index in [0.29, 0.717) is 12.4 Å². The lowest BCUT2D eigenvalue weighted by Crippen LogP contribution is -2.25. The molecule has 5 heterocycles. The molecular formula is C31H30FN7O. The first-order valence-corrected chi connectivity index (χ1v) is 13.6. The summed E-state index contributed by atoms with van der Waals surface area (Å²) in [4.78, 5) is 14.9. The predicted molar refractivity (Wildman–Crippen MR) is 155 cm³/mol. The van der Waals surface area contributed by atoms with Crippen molar-refractivity contribution in [1.29, 1.82) is 0 Å². The summed E-state index contributed by atoms with van der Waals surface area (Å²) in [6.07, 6.45) is 6.11. The van der Waals surface area contributed by atoms with E-state index in [-0.39, 0.29) is 5.82 Å². The van der Waals surface area contributed by atoms with Crippen LogP contribution in [0.2, 0.25) is 0 Å². The van der Waals surface area contributed by atoms with Crippen LogP contribution in [0.1, 0.15) is 18.7 Å². The number of nitrogens with one attached hydrogen (secondary N) is 2. The summed E-state index contributed by atoms with van der Waals surface area (Å²) in [5.41, 5.74) is 6.92. The number of pyridine rings is 1. The molecule has 0 bridgehead atoms. The number of fused-ring (bicyclic) bond motifs is 2. The van der Waals surface area contributed by atoms with Crippen molar-refractivity contribution < 1.29 is 9.13 Å². The van der Waals surface area contributed by atoms with Crippen LogP contribution in [0.25, 0.3) is 55.7 Å². The Morgan fingerprint density at radius 3 is 2.67 bits per heavy atom. The first kappa shape index (κ1) is 24.5. The van der Waals surface area contributed by atoms with Crippen molar-refractivity contribution >= 4 is 21.8 Å². The number of hydrogen-bond donors (Lipinski definition) is 2. The van der Waals surface area contributed by atoms with E-state index in [0.717, 1.165) is 81.2 Å². The van der Waals surface area contributed by atoms with Crippen LogP contribution in [0.4, 0.5) is 4.39 Å². The molecule has 2 aromatic carbocycles. The van der Waals surface area contributed by atoms with Crippen LogP contribution in [-0.4, -0.2) is 60.9 Å². The fourth-order valence-electron chi connectivity index (χ4n) is 5.64. The number of H-pyrrole nitrogens is 2. The molecule has 6 aromatic rings. The molecule has 0 radical (unpaired) electrons. The molecule has 1 aliphatic rings. The zero-order chi connectivity index (χ0) is 27.2. The Bertz CT molecular complexity index is 1840. The summed E-state index contributed by atoms with van der Waals surface area (Å²) in [5, 5.41) is 9.66. The number of aryl methyl sites for hydroxylation is 1. The molecule has 8 nitrogen and oxygen atoms in total. The topological polar surface area (TPSA) is 87.7 Å². The lowest BCUT2D eigenvalue weighted by Gasteiger charge is -2.15. The maximum absolute atomic E-state index is 14.7. The Balaban J connectivity index is 1.23. The third-order valence-electron chi connectivity index (χ3n) is 7.91. The fourth-order valence-corrected chi connectivity index (χ4v) is 5.64. The van der Waals surface area contributed by atoms with Crippen molar-refractivity contribution in [2.75, 3.05) is 26.2 Å². The van der Waals surface area contributed by atoms with Gasteiger partial charge < -0.3 is 14.3 Å². The maximum Gasteiger partial charge on any atom is 0.127 e. The van der Waals surface area contributed by atoms with Crippen LogP contribution in [0, 0.1) is 12.7 Å². The van der Waals surface area contributed by atoms with Gasteiger partial charge in [0.05, 0.1) is 35.0 Å². The summed E-state index contributed by atoms with van der Waals surface area (Å²) >= 11 is 0. The number of benzene rings is 2. The third kappa shape index (κ3) is 4.42. The minimum atomic E-state index is -0.315. The first-order chi connectivity index (χ1) is 19.5. The molecular weight excluding hydrogens is 505 g/mol. The van der Waals surface area contributed by atoms with Crippen molar-refractivity contribution in [2.24, 2.45) is 7.05 Å². The van der Waals surface area contributed by atoms with Gasteiger partial charge in [0.25, 0.3) is 0 Å². The van der Waals surface area contributed by atoms with E-state index in [2.05, 4.69) is 36.1 Å². The van der Waals surface area contributed by atoms with E-state index in [1.807, 2.05) is 55.1 Å². The molecule has 2 N–H and O–H groups in total. The number of ether oxygens (including phenoxy) is 1. The predicted octanol–water partition coefficient (Wildman–Crippen LogP) is 6.10. The van der Waals surface area contributed by atoms with E-state index in [1.165, 1.54) is 18.9 Å². The van der Waals surface area contributed by atoms with E-state index < -0.39 is 0 Å². The second-order valence-electron chi connectivity index (χ2n) is 10.5. The standard InChI is InChI=1S/C31H30FN7O/c1-19-33-18-30(38(19)2)27-16-25-29(17-34-27)36-37-31(25)28-15-24-23(6-5-7-26(24)35-28)20-12-21(32)14-22(13-20)40-11-10-39-8-3-4-9-39/h5-7,12-18,35H,3-4,8-11H2,1-2H3,(H,36,37). The molecule has 9 heteroatoms. The van der Waals surface area contributed by atoms with E-state index in [9.17, 15) is 4.39 Å². The Kier molecular flexibility index (Phi) is 6.08. The molecule has 0 aliphatic carbocycles. The van der Waals surface area contributed by atoms with Crippen molar-refractivity contribution in [3.05, 3.63) is 72.6 Å². The molecule has 0 unspecified atom stereocenters. The molecule has 0 atom stereocenters. The Hall–Kier alpha value is -4.50. The van der Waals surface area contributed by atoms with Gasteiger partial charge in [-0.1, -0.05) is 12.1 Å². The summed E-state index contributed by atoms with van der Waals surface area (Å²) < 4.78 is 22.7. The molecule has 7 rings (SSSR count). The molecule has 1 aliphatic heterocycles. The highest BCUT2D eigenvalue weighted by molar-refractivity contribution is 6.01. The second-order valence-corrected chi connectivity index (χ2v) is 10.5. The van der Waals surface area contributed by atoms with Gasteiger partial charge in [0, 0.05) is 35.9 Å². The molecule has 1 fully saturated rings. The molecule has 40 heavy (non-hydrogen) atoms. The van der Waals surface area contributed by atoms with Crippen molar-refractivity contribution in [1.82, 2.24) is 34.6 Å². The van der Waals surface area contributed by atoms with Gasteiger partial charge in [0.2, 0.25) is 0 Å². The van der Waals surface area contributed by atoms with Crippen LogP contribution < -0.4 is 4.74 Å². The highest BCUT2D eigenvalue weighted by Gasteiger charge is 2.17. The molecule has 4 aromatic heterocycles. The Morgan fingerprint density at radius 1 is 0.975 bits per heavy atom. The van der Waals surface area contributed by atoms with Crippen LogP contribution in [-0.2, 0) is 7.05 Å². The highest BCUT2D eigenvalue weighted by atomic mass is 19.1. The zero-order valence-corrected chi connectivity index (χ0v) is 22.5. The quantitative estimate of drug-likeness (QED) is 0.258. The number of aromatic nitrogens is 6. The highest BCUT2D eigenvalue weighted by Crippen LogP contribution is 2.36. The number of likely N-dealkylation sites (tertiary alicyclic amines) is 1. The number of hydrogen-bond acceptors (Lipinski definition) is 5. The minimum absolute atomic E-state index is 0.315. The summed E-state index contributed by atoms with van der Waals surface area (Å²) in [7, 11) is 1.98. The zero-order valence-electron chi connectivity index (χ0n) is 22.5. The first-order valence-electron chi connectivity index (χ1n) is 13.6. The van der Waals surface area contributed by atoms with Gasteiger partial charge in [0.15, 0.2) is 0 Å². The number of halogens is 1. The van der Waals surface area contributed by atoms with Gasteiger partial charge in [0.1, 0.15) is 29.7 Å². The summed E-state index contributed by atoms with van der Waals surface area (Å²) in [5.74, 6) is 1.15. The van der Waals surface area contributed by atoms with Crippen LogP contribution >= 0.6 is 0 Å². The monoisotopic (exact) mass is 535 g/mol. The number of rotatable bonds is 7. The molecule has 0 spiro atoms. The smallest absolute Gasteiger partial charge is 0.127 e. The largest absolute Gasteiger partial charge is 0.492 e. The molecule has 202 valence electrons. The van der Waals surface area contributed by atoms with Crippen LogP contribution in [0.5, 0.6) is 5.75 Å². The van der Waals surface area contributed by atoms with Gasteiger partial charge in [-0.3, -0.25) is 15.0 Å². The number of imidazole rings is 1. The SMILES string of the molecule is Cc1ncc(-c2cc3c(-c4cc5c(-c6cc(F)cc(OCCN7CCCC7)c6)cccc5[nH]4)n[nH]c3cn2)n1C. The third-order valence-corrected chi connectivity index (χ3v) is 7.91. The normalized spacial score (nSPS) is 14.1. The van der Waals surface area contributed by atoms with E-state index in [1.54, 1.807) is 12.3 Å². The lowest BCUT2D eigenvalue weighted by molar-refractivity contribution is 0.237. The van der Waals surface area contributed by atoms with E-state index in [4.69, 9.17) is 4.74 Å². The van der Waals surface area contributed by atoms with Gasteiger partial charge in [-0.15, -0.1) is 0 Å². The minimum Gasteiger partial charge on any atom is -0.492 e. The van der Waals surface area contributed by atoms with E-state index >= 15 is 0 Å². The summed E-state index contributed by atoms with van der Waals surface area (Å²) in [6.45, 7) is 5.60. The second kappa shape index (κ2) is 9.91. The van der Waals surface area contributed by atoms with Crippen molar-refractivity contribution in [3.63, 3.8) is 0 Å². The Morgan fingerprint density at radius 2 is 1.85 bits per heavy atom. The fraction of sp³-hybridized carbons (Fsp3) is 0.258. The van der Waals surface area contributed by atoms with Crippen molar-refractivity contribution in [2.45, 2.75) is 19.8 Å². The maximum atomic E-state index is 14.7.